The van der Waals surface area contributed by atoms with Crippen LogP contribution in [-0.2, 0) is 4.79 Å². The lowest BCUT2D eigenvalue weighted by Crippen LogP contribution is -2.22. The van der Waals surface area contributed by atoms with E-state index in [1.807, 2.05) is 24.3 Å². The van der Waals surface area contributed by atoms with Crippen LogP contribution in [0.1, 0.15) is 11.5 Å². The molecule has 1 aliphatic rings. The first kappa shape index (κ1) is 13.1. The summed E-state index contributed by atoms with van der Waals surface area (Å²) < 4.78 is 13.6. The molecule has 2 aromatic carbocycles. The summed E-state index contributed by atoms with van der Waals surface area (Å²) in [5, 5.41) is 6.04. The van der Waals surface area contributed by atoms with E-state index in [0.29, 0.717) is 16.7 Å². The molecule has 0 fully saturated rings. The average Bonchev–Trinajstić information content (AvgIpc) is 2.86. The van der Waals surface area contributed by atoms with Crippen LogP contribution in [0.25, 0.3) is 0 Å². The summed E-state index contributed by atoms with van der Waals surface area (Å²) in [7, 11) is 0. The lowest BCUT2D eigenvalue weighted by Gasteiger charge is -2.12. The third kappa shape index (κ3) is 2.41. The Morgan fingerprint density at radius 2 is 2.10 bits per heavy atom. The Morgan fingerprint density at radius 3 is 2.90 bits per heavy atom. The zero-order valence-corrected chi connectivity index (χ0v) is 12.1. The molecule has 1 aliphatic heterocycles. The lowest BCUT2D eigenvalue weighted by atomic mass is 10.0. The summed E-state index contributed by atoms with van der Waals surface area (Å²) in [5.74, 6) is -0.680. The molecule has 3 rings (SSSR count). The highest BCUT2D eigenvalue weighted by Crippen LogP contribution is 2.32. The average molecular weight is 335 g/mol. The van der Waals surface area contributed by atoms with Gasteiger partial charge in [-0.1, -0.05) is 18.2 Å². The predicted octanol–water partition coefficient (Wildman–Crippen LogP) is 3.74. The molecule has 0 aliphatic carbocycles. The van der Waals surface area contributed by atoms with Crippen LogP contribution in [0.5, 0.6) is 0 Å². The zero-order valence-electron chi connectivity index (χ0n) is 10.5. The SMILES string of the molecule is O=C(Nc1ccc(F)cc1Br)C1CNc2ccccc21. The number of para-hydroxylation sites is 1. The Balaban J connectivity index is 1.81. The van der Waals surface area contributed by atoms with Crippen molar-refractivity contribution < 1.29 is 9.18 Å². The Morgan fingerprint density at radius 1 is 1.30 bits per heavy atom. The fourth-order valence-corrected chi connectivity index (χ4v) is 2.78. The van der Waals surface area contributed by atoms with Crippen molar-refractivity contribution in [1.82, 2.24) is 0 Å². The van der Waals surface area contributed by atoms with E-state index in [2.05, 4.69) is 26.6 Å². The number of amides is 1. The van der Waals surface area contributed by atoms with E-state index >= 15 is 0 Å². The third-order valence-corrected chi connectivity index (χ3v) is 3.99. The number of benzene rings is 2. The molecule has 0 bridgehead atoms. The van der Waals surface area contributed by atoms with Gasteiger partial charge in [0.05, 0.1) is 11.6 Å². The van der Waals surface area contributed by atoms with Crippen LogP contribution < -0.4 is 10.6 Å². The number of anilines is 2. The molecule has 1 unspecified atom stereocenters. The quantitative estimate of drug-likeness (QED) is 0.878. The van der Waals surface area contributed by atoms with Crippen LogP contribution in [0, 0.1) is 5.82 Å². The molecule has 0 radical (unpaired) electrons. The number of halogens is 2. The number of nitrogens with one attached hydrogen (secondary N) is 2. The number of carbonyl (C=O) groups excluding carboxylic acids is 1. The van der Waals surface area contributed by atoms with E-state index < -0.39 is 0 Å². The molecule has 102 valence electrons. The van der Waals surface area contributed by atoms with Crippen molar-refractivity contribution in [3.63, 3.8) is 0 Å². The second-order valence-electron chi connectivity index (χ2n) is 4.63. The number of hydrogen-bond donors (Lipinski definition) is 2. The molecule has 0 saturated heterocycles. The number of rotatable bonds is 2. The molecule has 0 spiro atoms. The molecule has 2 aromatic rings. The number of hydrogen-bond acceptors (Lipinski definition) is 2. The monoisotopic (exact) mass is 334 g/mol. The summed E-state index contributed by atoms with van der Waals surface area (Å²) in [6.07, 6.45) is 0. The summed E-state index contributed by atoms with van der Waals surface area (Å²) >= 11 is 3.25. The van der Waals surface area contributed by atoms with E-state index in [-0.39, 0.29) is 17.6 Å². The maximum Gasteiger partial charge on any atom is 0.233 e. The second kappa shape index (κ2) is 5.25. The summed E-state index contributed by atoms with van der Waals surface area (Å²) in [4.78, 5) is 12.3. The van der Waals surface area contributed by atoms with Crippen molar-refractivity contribution in [1.29, 1.82) is 0 Å². The van der Waals surface area contributed by atoms with Gasteiger partial charge in [0.25, 0.3) is 0 Å². The smallest absolute Gasteiger partial charge is 0.233 e. The second-order valence-corrected chi connectivity index (χ2v) is 5.49. The van der Waals surface area contributed by atoms with Gasteiger partial charge >= 0.3 is 0 Å². The standard InChI is InChI=1S/C15H12BrFN2O/c16-12-7-9(17)5-6-14(12)19-15(20)11-8-18-13-4-2-1-3-10(11)13/h1-7,11,18H,8H2,(H,19,20). The number of fused-ring (bicyclic) bond motifs is 1. The van der Waals surface area contributed by atoms with Gasteiger partial charge in [0.2, 0.25) is 5.91 Å². The molecule has 1 amide bonds. The van der Waals surface area contributed by atoms with Gasteiger partial charge in [-0.05, 0) is 45.8 Å². The van der Waals surface area contributed by atoms with Gasteiger partial charge in [0.1, 0.15) is 5.82 Å². The van der Waals surface area contributed by atoms with Crippen LogP contribution >= 0.6 is 15.9 Å². The van der Waals surface area contributed by atoms with Gasteiger partial charge in [0, 0.05) is 16.7 Å². The van der Waals surface area contributed by atoms with Gasteiger partial charge in [-0.2, -0.15) is 0 Å². The normalized spacial score (nSPS) is 16.4. The first-order chi connectivity index (χ1) is 9.65. The summed E-state index contributed by atoms with van der Waals surface area (Å²) in [6.45, 7) is 0.573. The van der Waals surface area contributed by atoms with Crippen molar-refractivity contribution in [2.24, 2.45) is 0 Å². The van der Waals surface area contributed by atoms with E-state index in [1.165, 1.54) is 12.1 Å². The Bertz CT molecular complexity index is 675. The largest absolute Gasteiger partial charge is 0.384 e. The summed E-state index contributed by atoms with van der Waals surface area (Å²) in [6, 6.07) is 11.9. The minimum atomic E-state index is -0.345. The van der Waals surface area contributed by atoms with Crippen molar-refractivity contribution in [3.05, 3.63) is 58.3 Å². The van der Waals surface area contributed by atoms with E-state index in [0.717, 1.165) is 11.3 Å². The molecule has 3 nitrogen and oxygen atoms in total. The lowest BCUT2D eigenvalue weighted by molar-refractivity contribution is -0.117. The van der Waals surface area contributed by atoms with Crippen LogP contribution in [0.2, 0.25) is 0 Å². The van der Waals surface area contributed by atoms with Gasteiger partial charge < -0.3 is 10.6 Å². The van der Waals surface area contributed by atoms with Crippen LogP contribution in [0.4, 0.5) is 15.8 Å². The predicted molar refractivity (Wildman–Crippen MR) is 80.4 cm³/mol. The number of carbonyl (C=O) groups is 1. The van der Waals surface area contributed by atoms with Crippen molar-refractivity contribution in [2.75, 3.05) is 17.2 Å². The Hall–Kier alpha value is -1.88. The molecule has 2 N–H and O–H groups in total. The first-order valence-electron chi connectivity index (χ1n) is 6.24. The molecule has 1 heterocycles. The maximum absolute atomic E-state index is 13.0. The van der Waals surface area contributed by atoms with Gasteiger partial charge in [-0.3, -0.25) is 4.79 Å². The minimum absolute atomic E-state index is 0.102. The highest BCUT2D eigenvalue weighted by Gasteiger charge is 2.28. The molecule has 0 aromatic heterocycles. The molecular formula is C15H12BrFN2O. The van der Waals surface area contributed by atoms with E-state index in [9.17, 15) is 9.18 Å². The van der Waals surface area contributed by atoms with Gasteiger partial charge in [-0.15, -0.1) is 0 Å². The first-order valence-corrected chi connectivity index (χ1v) is 7.03. The zero-order chi connectivity index (χ0) is 14.1. The highest BCUT2D eigenvalue weighted by atomic mass is 79.9. The molecule has 1 atom stereocenters. The van der Waals surface area contributed by atoms with Crippen LogP contribution in [0.15, 0.2) is 46.9 Å². The fraction of sp³-hybridized carbons (Fsp3) is 0.133. The van der Waals surface area contributed by atoms with Crippen molar-refractivity contribution >= 4 is 33.2 Å². The third-order valence-electron chi connectivity index (χ3n) is 3.34. The molecule has 20 heavy (non-hydrogen) atoms. The Labute approximate surface area is 124 Å². The Kier molecular flexibility index (Phi) is 3.44. The van der Waals surface area contributed by atoms with Gasteiger partial charge in [-0.25, -0.2) is 4.39 Å². The topological polar surface area (TPSA) is 41.1 Å². The fourth-order valence-electron chi connectivity index (χ4n) is 2.33. The van der Waals surface area contributed by atoms with E-state index in [1.54, 1.807) is 6.07 Å². The van der Waals surface area contributed by atoms with Crippen molar-refractivity contribution in [2.45, 2.75) is 5.92 Å². The van der Waals surface area contributed by atoms with Crippen LogP contribution in [0.3, 0.4) is 0 Å². The molecule has 5 heteroatoms. The van der Waals surface area contributed by atoms with E-state index in [4.69, 9.17) is 0 Å². The maximum atomic E-state index is 13.0. The molecule has 0 saturated carbocycles. The van der Waals surface area contributed by atoms with Crippen molar-refractivity contribution in [3.8, 4) is 0 Å². The minimum Gasteiger partial charge on any atom is -0.384 e. The highest BCUT2D eigenvalue weighted by molar-refractivity contribution is 9.10. The van der Waals surface area contributed by atoms with Crippen LogP contribution in [-0.4, -0.2) is 12.5 Å². The molecular weight excluding hydrogens is 323 g/mol. The summed E-state index contributed by atoms with van der Waals surface area (Å²) in [5.41, 5.74) is 2.55. The van der Waals surface area contributed by atoms with Gasteiger partial charge in [0.15, 0.2) is 0 Å².